The van der Waals surface area contributed by atoms with Gasteiger partial charge in [-0.1, -0.05) is 193 Å². The molecule has 5 aromatic carbocycles. The Kier molecular flexibility index (Phi) is 9.47. The highest BCUT2D eigenvalue weighted by Crippen LogP contribution is 2.51. The number of benzene rings is 5. The Morgan fingerprint density at radius 1 is 0.604 bits per heavy atom. The molecule has 1 aliphatic rings. The van der Waals surface area contributed by atoms with Crippen molar-refractivity contribution in [3.05, 3.63) is 186 Å². The van der Waals surface area contributed by atoms with Gasteiger partial charge >= 0.3 is 0 Å². The lowest BCUT2D eigenvalue weighted by Crippen LogP contribution is -2.35. The molecule has 0 aliphatic heterocycles. The monoisotopic (exact) mass is 691 g/mol. The average molecular weight is 692 g/mol. The van der Waals surface area contributed by atoms with E-state index in [1.165, 1.54) is 44.5 Å². The number of nitrogens with zero attached hydrogens (tertiary/aromatic N) is 3. The van der Waals surface area contributed by atoms with Gasteiger partial charge in [0.2, 0.25) is 0 Å². The number of hydrogen-bond donors (Lipinski definition) is 0. The molecule has 0 bridgehead atoms. The third-order valence-corrected chi connectivity index (χ3v) is 10.7. The summed E-state index contributed by atoms with van der Waals surface area (Å²) in [5.41, 5.74) is 12.7. The number of allylic oxidation sites excluding steroid dienone is 5. The standard InChI is InChI=1S/C50H49N3/c1-9-39(48(3,4)5)26-24-34(2)50(41-29-27-40(28-30-41)49(6,7)8)33-38-32-37(25-31-42(38)43-22-16-17-23-44(43)50)47-52-45(35-18-12-10-13-19-35)51-46(53-47)36-20-14-11-15-21-36/h9-32H,1,33H2,2-8H3/b34-24+,39-26+. The van der Waals surface area contributed by atoms with Gasteiger partial charge in [0, 0.05) is 22.1 Å². The van der Waals surface area contributed by atoms with E-state index in [2.05, 4.69) is 158 Å². The van der Waals surface area contributed by atoms with E-state index in [0.29, 0.717) is 17.5 Å². The van der Waals surface area contributed by atoms with Crippen molar-refractivity contribution in [3.8, 4) is 45.3 Å². The fourth-order valence-electron chi connectivity index (χ4n) is 7.62. The number of rotatable bonds is 7. The summed E-state index contributed by atoms with van der Waals surface area (Å²) < 4.78 is 0. The fourth-order valence-corrected chi connectivity index (χ4v) is 7.62. The van der Waals surface area contributed by atoms with Crippen molar-refractivity contribution in [2.24, 2.45) is 5.41 Å². The van der Waals surface area contributed by atoms with Gasteiger partial charge in [0.25, 0.3) is 0 Å². The molecule has 0 amide bonds. The third-order valence-electron chi connectivity index (χ3n) is 10.7. The van der Waals surface area contributed by atoms with Crippen LogP contribution >= 0.6 is 0 Å². The van der Waals surface area contributed by atoms with Gasteiger partial charge in [-0.3, -0.25) is 0 Å². The Balaban J connectivity index is 1.44. The Labute approximate surface area is 316 Å². The van der Waals surface area contributed by atoms with Crippen molar-refractivity contribution in [1.82, 2.24) is 15.0 Å². The van der Waals surface area contributed by atoms with Crippen LogP contribution in [0.1, 0.15) is 70.7 Å². The van der Waals surface area contributed by atoms with E-state index in [0.717, 1.165) is 23.1 Å². The van der Waals surface area contributed by atoms with E-state index >= 15 is 0 Å². The van der Waals surface area contributed by atoms with Gasteiger partial charge in [-0.2, -0.15) is 0 Å². The normalized spacial score (nSPS) is 16.1. The molecule has 53 heavy (non-hydrogen) atoms. The SMILES string of the molecule is C=C/C(=C\C=C(/C)C1(c2ccc(C(C)(C)C)cc2)Cc2cc(-c3nc(-c4ccccc4)nc(-c4ccccc4)n3)ccc2-c2ccccc21)C(C)(C)C. The maximum absolute atomic E-state index is 5.09. The first kappa shape index (κ1) is 35.7. The maximum Gasteiger partial charge on any atom is 0.164 e. The first-order chi connectivity index (χ1) is 25.4. The highest BCUT2D eigenvalue weighted by Gasteiger charge is 2.42. The van der Waals surface area contributed by atoms with Crippen LogP contribution in [0.2, 0.25) is 0 Å². The lowest BCUT2D eigenvalue weighted by molar-refractivity contribution is 0.517. The molecule has 6 aromatic rings. The highest BCUT2D eigenvalue weighted by atomic mass is 15.0. The molecule has 0 fully saturated rings. The molecule has 1 heterocycles. The minimum Gasteiger partial charge on any atom is -0.208 e. The van der Waals surface area contributed by atoms with Crippen molar-refractivity contribution in [2.45, 2.75) is 65.7 Å². The minimum atomic E-state index is -0.414. The topological polar surface area (TPSA) is 38.7 Å². The Bertz CT molecular complexity index is 2280. The maximum atomic E-state index is 5.09. The molecule has 0 spiro atoms. The van der Waals surface area contributed by atoms with Crippen molar-refractivity contribution in [3.63, 3.8) is 0 Å². The van der Waals surface area contributed by atoms with Crippen LogP contribution in [0.3, 0.4) is 0 Å². The van der Waals surface area contributed by atoms with E-state index in [1.54, 1.807) is 0 Å². The van der Waals surface area contributed by atoms with Crippen LogP contribution in [0.25, 0.3) is 45.3 Å². The summed E-state index contributed by atoms with van der Waals surface area (Å²) in [5.74, 6) is 1.98. The van der Waals surface area contributed by atoms with Gasteiger partial charge in [0.1, 0.15) is 0 Å². The first-order valence-corrected chi connectivity index (χ1v) is 18.6. The van der Waals surface area contributed by atoms with Crippen LogP contribution in [0.15, 0.2) is 163 Å². The largest absolute Gasteiger partial charge is 0.208 e. The molecule has 0 saturated heterocycles. The zero-order valence-corrected chi connectivity index (χ0v) is 32.1. The average Bonchev–Trinajstić information content (AvgIpc) is 3.17. The number of hydrogen-bond acceptors (Lipinski definition) is 3. The zero-order chi connectivity index (χ0) is 37.4. The smallest absolute Gasteiger partial charge is 0.164 e. The predicted molar refractivity (Wildman–Crippen MR) is 223 cm³/mol. The van der Waals surface area contributed by atoms with Crippen LogP contribution in [0.4, 0.5) is 0 Å². The van der Waals surface area contributed by atoms with Gasteiger partial charge in [-0.05, 0) is 69.2 Å². The third kappa shape index (κ3) is 6.97. The molecule has 1 aliphatic carbocycles. The fraction of sp³-hybridized carbons (Fsp3) is 0.220. The Hall–Kier alpha value is -5.67. The molecule has 7 rings (SSSR count). The summed E-state index contributed by atoms with van der Waals surface area (Å²) in [6.45, 7) is 20.0. The molecule has 3 heteroatoms. The quantitative estimate of drug-likeness (QED) is 0.156. The zero-order valence-electron chi connectivity index (χ0n) is 32.1. The van der Waals surface area contributed by atoms with Crippen LogP contribution in [-0.2, 0) is 17.3 Å². The van der Waals surface area contributed by atoms with Crippen LogP contribution in [0, 0.1) is 5.41 Å². The second kappa shape index (κ2) is 14.0. The van der Waals surface area contributed by atoms with Crippen molar-refractivity contribution >= 4 is 0 Å². The minimum absolute atomic E-state index is 0.0201. The van der Waals surface area contributed by atoms with E-state index in [1.807, 2.05) is 42.5 Å². The van der Waals surface area contributed by atoms with Gasteiger partial charge in [-0.15, -0.1) is 0 Å². The summed E-state index contributed by atoms with van der Waals surface area (Å²) in [7, 11) is 0. The lowest BCUT2D eigenvalue weighted by Gasteiger charge is -2.42. The van der Waals surface area contributed by atoms with E-state index in [9.17, 15) is 0 Å². The molecule has 3 nitrogen and oxygen atoms in total. The van der Waals surface area contributed by atoms with Gasteiger partial charge in [0.05, 0.1) is 0 Å². The summed E-state index contributed by atoms with van der Waals surface area (Å²) in [4.78, 5) is 15.1. The first-order valence-electron chi connectivity index (χ1n) is 18.6. The van der Waals surface area contributed by atoms with Crippen molar-refractivity contribution < 1.29 is 0 Å². The molecule has 0 N–H and O–H groups in total. The molecular weight excluding hydrogens is 643 g/mol. The van der Waals surface area contributed by atoms with Crippen molar-refractivity contribution in [1.29, 1.82) is 0 Å². The van der Waals surface area contributed by atoms with E-state index < -0.39 is 5.41 Å². The predicted octanol–water partition coefficient (Wildman–Crippen LogP) is 12.8. The highest BCUT2D eigenvalue weighted by molar-refractivity contribution is 5.81. The summed E-state index contributed by atoms with van der Waals surface area (Å²) in [6.07, 6.45) is 7.38. The summed E-state index contributed by atoms with van der Waals surface area (Å²) in [5, 5.41) is 0. The van der Waals surface area contributed by atoms with Gasteiger partial charge in [0.15, 0.2) is 17.5 Å². The molecular formula is C50H49N3. The van der Waals surface area contributed by atoms with Gasteiger partial charge in [-0.25, -0.2) is 15.0 Å². The van der Waals surface area contributed by atoms with Crippen molar-refractivity contribution in [2.75, 3.05) is 0 Å². The summed E-state index contributed by atoms with van der Waals surface area (Å²) in [6, 6.07) is 45.4. The molecule has 0 saturated carbocycles. The Morgan fingerprint density at radius 2 is 1.15 bits per heavy atom. The molecule has 1 aromatic heterocycles. The molecule has 0 radical (unpaired) electrons. The molecule has 1 atom stereocenters. The molecule has 1 unspecified atom stereocenters. The second-order valence-corrected chi connectivity index (χ2v) is 16.3. The van der Waals surface area contributed by atoms with Crippen LogP contribution < -0.4 is 0 Å². The Morgan fingerprint density at radius 3 is 1.70 bits per heavy atom. The molecule has 264 valence electrons. The summed E-state index contributed by atoms with van der Waals surface area (Å²) >= 11 is 0. The van der Waals surface area contributed by atoms with Crippen LogP contribution in [0.5, 0.6) is 0 Å². The van der Waals surface area contributed by atoms with E-state index in [-0.39, 0.29) is 10.8 Å². The number of aromatic nitrogens is 3. The number of fused-ring (bicyclic) bond motifs is 3. The second-order valence-electron chi connectivity index (χ2n) is 16.3. The lowest BCUT2D eigenvalue weighted by atomic mass is 9.60. The van der Waals surface area contributed by atoms with Crippen LogP contribution in [-0.4, -0.2) is 15.0 Å². The van der Waals surface area contributed by atoms with Gasteiger partial charge < -0.3 is 0 Å². The van der Waals surface area contributed by atoms with E-state index in [4.69, 9.17) is 15.0 Å².